The third-order valence-corrected chi connectivity index (χ3v) is 4.00. The number of hydrogen-bond acceptors (Lipinski definition) is 3. The second kappa shape index (κ2) is 5.60. The molecule has 1 aliphatic heterocycles. The quantitative estimate of drug-likeness (QED) is 0.855. The van der Waals surface area contributed by atoms with Gasteiger partial charge >= 0.3 is 0 Å². The van der Waals surface area contributed by atoms with Crippen LogP contribution in [0.2, 0.25) is 0 Å². The topological polar surface area (TPSA) is 23.5 Å². The van der Waals surface area contributed by atoms with Gasteiger partial charge in [0.25, 0.3) is 0 Å². The number of benzene rings is 1. The fraction of sp³-hybridized carbons (Fsp3) is 0.538. The van der Waals surface area contributed by atoms with E-state index >= 15 is 0 Å². The molecule has 1 N–H and O–H groups in total. The molecule has 2 nitrogen and oxygen atoms in total. The Labute approximate surface area is 102 Å². The van der Waals surface area contributed by atoms with Crippen molar-refractivity contribution in [2.75, 3.05) is 29.5 Å². The summed E-state index contributed by atoms with van der Waals surface area (Å²) in [7, 11) is 0. The van der Waals surface area contributed by atoms with E-state index in [1.165, 1.54) is 23.6 Å². The van der Waals surface area contributed by atoms with Gasteiger partial charge in [0.2, 0.25) is 0 Å². The zero-order valence-electron chi connectivity index (χ0n) is 9.72. The zero-order chi connectivity index (χ0) is 11.4. The van der Waals surface area contributed by atoms with Crippen LogP contribution in [0, 0.1) is 0 Å². The molecule has 1 aromatic carbocycles. The highest BCUT2D eigenvalue weighted by atomic mass is 32.2. The number of hydrogen-bond donors (Lipinski definition) is 1. The average molecular weight is 237 g/mol. The predicted molar refractivity (Wildman–Crippen MR) is 71.2 cm³/mol. The first-order chi connectivity index (χ1) is 7.79. The Morgan fingerprint density at radius 2 is 2.06 bits per heavy atom. The Morgan fingerprint density at radius 3 is 2.88 bits per heavy atom. The van der Waals surface area contributed by atoms with E-state index in [2.05, 4.69) is 17.0 Å². The SMILES string of the molecule is C[C@@H](O)c1ccccc1N1CCCSCC1. The van der Waals surface area contributed by atoms with E-state index < -0.39 is 0 Å². The van der Waals surface area contributed by atoms with Gasteiger partial charge in [-0.15, -0.1) is 0 Å². The van der Waals surface area contributed by atoms with Gasteiger partial charge in [-0.3, -0.25) is 0 Å². The minimum absolute atomic E-state index is 0.382. The smallest absolute Gasteiger partial charge is 0.0781 e. The third kappa shape index (κ3) is 2.71. The monoisotopic (exact) mass is 237 g/mol. The van der Waals surface area contributed by atoms with Gasteiger partial charge in [0.05, 0.1) is 6.10 Å². The Bertz CT molecular complexity index is 332. The molecule has 1 fully saturated rings. The molecule has 0 radical (unpaired) electrons. The van der Waals surface area contributed by atoms with Crippen molar-refractivity contribution in [3.63, 3.8) is 0 Å². The summed E-state index contributed by atoms with van der Waals surface area (Å²) in [5, 5.41) is 9.77. The highest BCUT2D eigenvalue weighted by molar-refractivity contribution is 7.99. The fourth-order valence-electron chi connectivity index (χ4n) is 2.12. The summed E-state index contributed by atoms with van der Waals surface area (Å²) < 4.78 is 0. The van der Waals surface area contributed by atoms with Crippen molar-refractivity contribution in [3.05, 3.63) is 29.8 Å². The molecule has 0 aromatic heterocycles. The molecule has 3 heteroatoms. The zero-order valence-corrected chi connectivity index (χ0v) is 10.5. The molecule has 1 saturated heterocycles. The van der Waals surface area contributed by atoms with Crippen LogP contribution in [0.3, 0.4) is 0 Å². The van der Waals surface area contributed by atoms with Crippen molar-refractivity contribution in [1.29, 1.82) is 0 Å². The third-order valence-electron chi connectivity index (χ3n) is 2.95. The first-order valence-corrected chi connectivity index (χ1v) is 7.04. The largest absolute Gasteiger partial charge is 0.389 e. The minimum Gasteiger partial charge on any atom is -0.389 e. The van der Waals surface area contributed by atoms with Gasteiger partial charge in [-0.1, -0.05) is 18.2 Å². The van der Waals surface area contributed by atoms with Crippen molar-refractivity contribution in [2.24, 2.45) is 0 Å². The Balaban J connectivity index is 2.23. The Morgan fingerprint density at radius 1 is 1.25 bits per heavy atom. The summed E-state index contributed by atoms with van der Waals surface area (Å²) in [5.41, 5.74) is 2.26. The molecule has 0 bridgehead atoms. The summed E-state index contributed by atoms with van der Waals surface area (Å²) >= 11 is 2.02. The van der Waals surface area contributed by atoms with Gasteiger partial charge in [0.1, 0.15) is 0 Å². The Hall–Kier alpha value is -0.670. The van der Waals surface area contributed by atoms with E-state index in [0.29, 0.717) is 0 Å². The first kappa shape index (κ1) is 11.8. The molecule has 1 aromatic rings. The van der Waals surface area contributed by atoms with Gasteiger partial charge in [-0.25, -0.2) is 0 Å². The van der Waals surface area contributed by atoms with E-state index in [4.69, 9.17) is 0 Å². The van der Waals surface area contributed by atoms with Crippen LogP contribution in [0.1, 0.15) is 25.0 Å². The van der Waals surface area contributed by atoms with Crippen LogP contribution in [-0.2, 0) is 0 Å². The van der Waals surface area contributed by atoms with Gasteiger partial charge < -0.3 is 10.0 Å². The lowest BCUT2D eigenvalue weighted by atomic mass is 10.1. The molecule has 88 valence electrons. The normalized spacial score (nSPS) is 19.2. The maximum atomic E-state index is 9.77. The van der Waals surface area contributed by atoms with Crippen molar-refractivity contribution < 1.29 is 5.11 Å². The van der Waals surface area contributed by atoms with Crippen molar-refractivity contribution >= 4 is 17.4 Å². The lowest BCUT2D eigenvalue weighted by Crippen LogP contribution is -2.26. The number of anilines is 1. The molecule has 0 aliphatic carbocycles. The fourth-order valence-corrected chi connectivity index (χ4v) is 3.00. The van der Waals surface area contributed by atoms with E-state index in [1.807, 2.05) is 30.8 Å². The van der Waals surface area contributed by atoms with E-state index in [9.17, 15) is 5.11 Å². The molecule has 0 unspecified atom stereocenters. The van der Waals surface area contributed by atoms with Crippen molar-refractivity contribution in [1.82, 2.24) is 0 Å². The number of nitrogens with zero attached hydrogens (tertiary/aromatic N) is 1. The molecular formula is C13H19NOS. The minimum atomic E-state index is -0.382. The van der Waals surface area contributed by atoms with Crippen LogP contribution in [0.4, 0.5) is 5.69 Å². The summed E-state index contributed by atoms with van der Waals surface area (Å²) in [5.74, 6) is 2.45. The van der Waals surface area contributed by atoms with Crippen LogP contribution in [0.25, 0.3) is 0 Å². The van der Waals surface area contributed by atoms with Gasteiger partial charge in [0.15, 0.2) is 0 Å². The number of aliphatic hydroxyl groups is 1. The summed E-state index contributed by atoms with van der Waals surface area (Å²) in [6, 6.07) is 8.20. The van der Waals surface area contributed by atoms with Crippen LogP contribution < -0.4 is 4.90 Å². The number of aliphatic hydroxyl groups excluding tert-OH is 1. The highest BCUT2D eigenvalue weighted by Gasteiger charge is 2.15. The lowest BCUT2D eigenvalue weighted by Gasteiger charge is -2.26. The molecule has 1 atom stereocenters. The van der Waals surface area contributed by atoms with Crippen LogP contribution in [-0.4, -0.2) is 29.7 Å². The molecular weight excluding hydrogens is 218 g/mol. The van der Waals surface area contributed by atoms with Crippen LogP contribution >= 0.6 is 11.8 Å². The number of thioether (sulfide) groups is 1. The van der Waals surface area contributed by atoms with Crippen molar-refractivity contribution in [2.45, 2.75) is 19.4 Å². The average Bonchev–Trinajstić information content (AvgIpc) is 2.57. The second-order valence-corrected chi connectivity index (χ2v) is 5.41. The first-order valence-electron chi connectivity index (χ1n) is 5.88. The molecule has 1 aliphatic rings. The lowest BCUT2D eigenvalue weighted by molar-refractivity contribution is 0.199. The molecule has 0 amide bonds. The molecule has 1 heterocycles. The second-order valence-electron chi connectivity index (χ2n) is 4.19. The summed E-state index contributed by atoms with van der Waals surface area (Å²) in [6.45, 7) is 4.04. The molecule has 16 heavy (non-hydrogen) atoms. The van der Waals surface area contributed by atoms with Gasteiger partial charge in [-0.2, -0.15) is 11.8 Å². The van der Waals surface area contributed by atoms with E-state index in [1.54, 1.807) is 0 Å². The molecule has 2 rings (SSSR count). The standard InChI is InChI=1S/C13H19NOS/c1-11(15)12-5-2-3-6-13(12)14-7-4-9-16-10-8-14/h2-3,5-6,11,15H,4,7-10H2,1H3/t11-/m1/s1. The Kier molecular flexibility index (Phi) is 4.13. The summed E-state index contributed by atoms with van der Waals surface area (Å²) in [6.07, 6.45) is 0.853. The predicted octanol–water partition coefficient (Wildman–Crippen LogP) is 2.68. The van der Waals surface area contributed by atoms with Crippen LogP contribution in [0.5, 0.6) is 0 Å². The maximum Gasteiger partial charge on any atom is 0.0781 e. The number of rotatable bonds is 2. The van der Waals surface area contributed by atoms with E-state index in [0.717, 1.165) is 18.7 Å². The highest BCUT2D eigenvalue weighted by Crippen LogP contribution is 2.27. The molecule has 0 spiro atoms. The summed E-state index contributed by atoms with van der Waals surface area (Å²) in [4.78, 5) is 2.40. The van der Waals surface area contributed by atoms with Crippen molar-refractivity contribution in [3.8, 4) is 0 Å². The number of para-hydroxylation sites is 1. The van der Waals surface area contributed by atoms with Gasteiger partial charge in [0, 0.05) is 30.1 Å². The van der Waals surface area contributed by atoms with E-state index in [-0.39, 0.29) is 6.10 Å². The van der Waals surface area contributed by atoms with Gasteiger partial charge in [-0.05, 0) is 25.2 Å². The van der Waals surface area contributed by atoms with Crippen LogP contribution in [0.15, 0.2) is 24.3 Å². The maximum absolute atomic E-state index is 9.77. The molecule has 0 saturated carbocycles.